The van der Waals surface area contributed by atoms with E-state index < -0.39 is 0 Å². The first-order valence-electron chi connectivity index (χ1n) is 3.02. The van der Waals surface area contributed by atoms with Crippen molar-refractivity contribution in [3.63, 3.8) is 0 Å². The molecule has 0 bridgehead atoms. The van der Waals surface area contributed by atoms with Gasteiger partial charge in [0.15, 0.2) is 0 Å². The molecule has 0 aliphatic heterocycles. The van der Waals surface area contributed by atoms with E-state index in [9.17, 15) is 0 Å². The van der Waals surface area contributed by atoms with Gasteiger partial charge in [-0.25, -0.2) is 0 Å². The van der Waals surface area contributed by atoms with Crippen molar-refractivity contribution in [1.29, 1.82) is 0 Å². The van der Waals surface area contributed by atoms with Gasteiger partial charge in [0.2, 0.25) is 0 Å². The maximum atomic E-state index is 3.12. The molecule has 58 valence electrons. The summed E-state index contributed by atoms with van der Waals surface area (Å²) in [6.07, 6.45) is 0. The fourth-order valence-corrected chi connectivity index (χ4v) is 1.66. The lowest BCUT2D eigenvalue weighted by Crippen LogP contribution is -2.03. The number of hydrogen-bond donors (Lipinski definition) is 1. The molecule has 1 nitrogen and oxygen atoms in total. The third kappa shape index (κ3) is 2.29. The molecule has 1 heterocycles. The van der Waals surface area contributed by atoms with Crippen LogP contribution in [0.15, 0.2) is 11.4 Å². The second-order valence-corrected chi connectivity index (χ2v) is 3.06. The smallest absolute Gasteiger partial charge is 0.0299 e. The molecule has 1 N–H and O–H groups in total. The van der Waals surface area contributed by atoms with Gasteiger partial charge in [-0.2, -0.15) is 0 Å². The van der Waals surface area contributed by atoms with Crippen molar-refractivity contribution in [2.24, 2.45) is 0 Å². The Kier molecular flexibility index (Phi) is 4.69. The number of nitrogens with one attached hydrogen (secondary N) is 1. The summed E-state index contributed by atoms with van der Waals surface area (Å²) in [5.74, 6) is 0. The number of rotatable bonds is 2. The van der Waals surface area contributed by atoms with E-state index in [-0.39, 0.29) is 12.4 Å². The Morgan fingerprint density at radius 3 is 2.70 bits per heavy atom. The van der Waals surface area contributed by atoms with Crippen molar-refractivity contribution in [3.05, 3.63) is 21.9 Å². The molecule has 10 heavy (non-hydrogen) atoms. The summed E-state index contributed by atoms with van der Waals surface area (Å²) < 4.78 is 0. The van der Waals surface area contributed by atoms with Crippen LogP contribution in [0.25, 0.3) is 0 Å². The molecule has 0 aromatic carbocycles. The van der Waals surface area contributed by atoms with Gasteiger partial charge in [0.05, 0.1) is 0 Å². The normalized spacial score (nSPS) is 9.00. The summed E-state index contributed by atoms with van der Waals surface area (Å²) in [5, 5.41) is 5.25. The van der Waals surface area contributed by atoms with Gasteiger partial charge >= 0.3 is 0 Å². The minimum Gasteiger partial charge on any atom is -0.315 e. The van der Waals surface area contributed by atoms with Crippen molar-refractivity contribution >= 4 is 23.7 Å². The van der Waals surface area contributed by atoms with Crippen LogP contribution in [-0.2, 0) is 6.54 Å². The van der Waals surface area contributed by atoms with Crippen molar-refractivity contribution < 1.29 is 0 Å². The molecule has 0 saturated heterocycles. The van der Waals surface area contributed by atoms with E-state index >= 15 is 0 Å². The second-order valence-electron chi connectivity index (χ2n) is 2.06. The molecule has 1 rings (SSSR count). The highest BCUT2D eigenvalue weighted by atomic mass is 35.5. The highest BCUT2D eigenvalue weighted by Crippen LogP contribution is 2.14. The fourth-order valence-electron chi connectivity index (χ4n) is 0.746. The SMILES string of the molecule is CNCc1sccc1C.Cl. The highest BCUT2D eigenvalue weighted by Gasteiger charge is 1.94. The van der Waals surface area contributed by atoms with Crippen LogP contribution in [0.5, 0.6) is 0 Å². The van der Waals surface area contributed by atoms with Crippen LogP contribution >= 0.6 is 23.7 Å². The standard InChI is InChI=1S/C7H11NS.ClH/c1-6-3-4-9-7(6)5-8-2;/h3-4,8H,5H2,1-2H3;1H. The molecule has 0 unspecified atom stereocenters. The lowest BCUT2D eigenvalue weighted by Gasteiger charge is -1.94. The van der Waals surface area contributed by atoms with Crippen LogP contribution in [-0.4, -0.2) is 7.05 Å². The van der Waals surface area contributed by atoms with E-state index in [2.05, 4.69) is 23.7 Å². The lowest BCUT2D eigenvalue weighted by molar-refractivity contribution is 0.827. The summed E-state index contributed by atoms with van der Waals surface area (Å²) in [4.78, 5) is 1.44. The molecule has 0 saturated carbocycles. The predicted molar refractivity (Wildman–Crippen MR) is 49.1 cm³/mol. The molecule has 1 aromatic heterocycles. The average Bonchev–Trinajstić information content (AvgIpc) is 2.18. The molecular formula is C7H12ClNS. The molecule has 0 aliphatic carbocycles. The van der Waals surface area contributed by atoms with Gasteiger partial charge in [-0.3, -0.25) is 0 Å². The van der Waals surface area contributed by atoms with E-state index in [1.54, 1.807) is 0 Å². The van der Waals surface area contributed by atoms with Gasteiger partial charge in [0.1, 0.15) is 0 Å². The highest BCUT2D eigenvalue weighted by molar-refractivity contribution is 7.10. The zero-order valence-electron chi connectivity index (χ0n) is 6.18. The summed E-state index contributed by atoms with van der Waals surface area (Å²) in [5.41, 5.74) is 1.40. The van der Waals surface area contributed by atoms with Crippen molar-refractivity contribution in [1.82, 2.24) is 5.32 Å². The van der Waals surface area contributed by atoms with Crippen LogP contribution < -0.4 is 5.32 Å². The van der Waals surface area contributed by atoms with Gasteiger partial charge in [-0.1, -0.05) is 0 Å². The molecule has 0 radical (unpaired) electrons. The Labute approximate surface area is 71.9 Å². The molecule has 0 aliphatic rings. The number of halogens is 1. The minimum absolute atomic E-state index is 0. The molecular weight excluding hydrogens is 166 g/mol. The fraction of sp³-hybridized carbons (Fsp3) is 0.429. The van der Waals surface area contributed by atoms with Crippen molar-refractivity contribution in [2.45, 2.75) is 13.5 Å². The van der Waals surface area contributed by atoms with Crippen LogP contribution in [0.2, 0.25) is 0 Å². The third-order valence-corrected chi connectivity index (χ3v) is 2.33. The van der Waals surface area contributed by atoms with Crippen LogP contribution in [0.3, 0.4) is 0 Å². The molecule has 0 amide bonds. The van der Waals surface area contributed by atoms with Crippen LogP contribution in [0, 0.1) is 6.92 Å². The zero-order chi connectivity index (χ0) is 6.69. The second kappa shape index (κ2) is 4.72. The largest absolute Gasteiger partial charge is 0.315 e. The third-order valence-electron chi connectivity index (χ3n) is 1.31. The molecule has 3 heteroatoms. The number of aryl methyl sites for hydroxylation is 1. The molecule has 0 spiro atoms. The number of thiophene rings is 1. The van der Waals surface area contributed by atoms with Crippen LogP contribution in [0.4, 0.5) is 0 Å². The first-order chi connectivity index (χ1) is 4.34. The Morgan fingerprint density at radius 1 is 1.60 bits per heavy atom. The van der Waals surface area contributed by atoms with Gasteiger partial charge in [-0.15, -0.1) is 23.7 Å². The van der Waals surface area contributed by atoms with E-state index in [0.29, 0.717) is 0 Å². The Bertz CT molecular complexity index is 185. The molecule has 1 aromatic rings. The topological polar surface area (TPSA) is 12.0 Å². The molecule has 0 atom stereocenters. The van der Waals surface area contributed by atoms with E-state index in [0.717, 1.165) is 6.54 Å². The van der Waals surface area contributed by atoms with E-state index in [4.69, 9.17) is 0 Å². The van der Waals surface area contributed by atoms with Crippen molar-refractivity contribution in [3.8, 4) is 0 Å². The van der Waals surface area contributed by atoms with Crippen molar-refractivity contribution in [2.75, 3.05) is 7.05 Å². The quantitative estimate of drug-likeness (QED) is 0.731. The van der Waals surface area contributed by atoms with Gasteiger partial charge < -0.3 is 5.32 Å². The summed E-state index contributed by atoms with van der Waals surface area (Å²) in [7, 11) is 1.97. The van der Waals surface area contributed by atoms with E-state index in [1.165, 1.54) is 10.4 Å². The summed E-state index contributed by atoms with van der Waals surface area (Å²) in [6, 6.07) is 2.15. The summed E-state index contributed by atoms with van der Waals surface area (Å²) >= 11 is 1.81. The van der Waals surface area contributed by atoms with Gasteiger partial charge in [0, 0.05) is 11.4 Å². The first-order valence-corrected chi connectivity index (χ1v) is 3.90. The molecule has 0 fully saturated rings. The first kappa shape index (κ1) is 9.95. The maximum absolute atomic E-state index is 3.12. The summed E-state index contributed by atoms with van der Waals surface area (Å²) in [6.45, 7) is 3.15. The van der Waals surface area contributed by atoms with Gasteiger partial charge in [-0.05, 0) is 31.0 Å². The monoisotopic (exact) mass is 177 g/mol. The minimum atomic E-state index is 0. The Morgan fingerprint density at radius 2 is 2.30 bits per heavy atom. The Hall–Kier alpha value is -0.0500. The predicted octanol–water partition coefficient (Wildman–Crippen LogP) is 2.20. The maximum Gasteiger partial charge on any atom is 0.0299 e. The van der Waals surface area contributed by atoms with Gasteiger partial charge in [0.25, 0.3) is 0 Å². The zero-order valence-corrected chi connectivity index (χ0v) is 7.81. The van der Waals surface area contributed by atoms with Crippen LogP contribution in [0.1, 0.15) is 10.4 Å². The number of hydrogen-bond acceptors (Lipinski definition) is 2. The van der Waals surface area contributed by atoms with E-state index in [1.807, 2.05) is 18.4 Å². The average molecular weight is 178 g/mol. The Balaban J connectivity index is 0.000000810. The lowest BCUT2D eigenvalue weighted by atomic mass is 10.3.